The lowest BCUT2D eigenvalue weighted by Gasteiger charge is -2.11. The van der Waals surface area contributed by atoms with Crippen molar-refractivity contribution < 1.29 is 9.59 Å². The molecule has 2 aromatic rings. The van der Waals surface area contributed by atoms with Gasteiger partial charge in [0.1, 0.15) is 0 Å². The van der Waals surface area contributed by atoms with Gasteiger partial charge in [-0.25, -0.2) is 0 Å². The smallest absolute Gasteiger partial charge is 0.234 e. The molecule has 126 valence electrons. The molecule has 2 aromatic carbocycles. The molecule has 0 fully saturated rings. The van der Waals surface area contributed by atoms with Gasteiger partial charge in [0.25, 0.3) is 0 Å². The molecule has 0 heterocycles. The average Bonchev–Trinajstić information content (AvgIpc) is 2.59. The number of benzene rings is 2. The largest absolute Gasteiger partial charge is 0.325 e. The van der Waals surface area contributed by atoms with E-state index in [2.05, 4.69) is 10.2 Å². The van der Waals surface area contributed by atoms with Crippen molar-refractivity contribution >= 4 is 29.1 Å². The molecule has 0 aliphatic heterocycles. The molecule has 1 N–H and O–H groups in total. The van der Waals surface area contributed by atoms with Crippen LogP contribution in [0.1, 0.15) is 15.9 Å². The summed E-state index contributed by atoms with van der Waals surface area (Å²) in [6.07, 6.45) is 0. The fourth-order valence-electron chi connectivity index (χ4n) is 2.13. The summed E-state index contributed by atoms with van der Waals surface area (Å²) in [7, 11) is 4.01. The van der Waals surface area contributed by atoms with Gasteiger partial charge in [0.2, 0.25) is 5.91 Å². The van der Waals surface area contributed by atoms with Crippen LogP contribution >= 0.6 is 11.8 Å². The number of anilines is 1. The third-order valence-electron chi connectivity index (χ3n) is 3.40. The Balaban J connectivity index is 2.01. The van der Waals surface area contributed by atoms with Gasteiger partial charge in [0.05, 0.1) is 11.4 Å². The predicted octanol–water partition coefficient (Wildman–Crippen LogP) is 3.15. The Labute approximate surface area is 147 Å². The Kier molecular flexibility index (Phi) is 7.03. The van der Waals surface area contributed by atoms with E-state index in [1.165, 1.54) is 0 Å². The summed E-state index contributed by atoms with van der Waals surface area (Å²) in [6, 6.07) is 16.2. The third-order valence-corrected chi connectivity index (χ3v) is 4.34. The molecule has 0 unspecified atom stereocenters. The number of carbonyl (C=O) groups is 2. The zero-order chi connectivity index (χ0) is 17.4. The number of amides is 1. The van der Waals surface area contributed by atoms with E-state index in [9.17, 15) is 9.59 Å². The number of ketones is 1. The van der Waals surface area contributed by atoms with Crippen LogP contribution in [0, 0.1) is 0 Å². The van der Waals surface area contributed by atoms with E-state index in [0.29, 0.717) is 22.6 Å². The maximum Gasteiger partial charge on any atom is 0.234 e. The summed E-state index contributed by atoms with van der Waals surface area (Å²) in [5, 5.41) is 2.86. The van der Waals surface area contributed by atoms with Gasteiger partial charge in [-0.15, -0.1) is 0 Å². The lowest BCUT2D eigenvalue weighted by atomic mass is 10.0. The van der Waals surface area contributed by atoms with E-state index >= 15 is 0 Å². The van der Waals surface area contributed by atoms with Crippen molar-refractivity contribution in [1.29, 1.82) is 0 Å². The molecule has 4 nitrogen and oxygen atoms in total. The minimum atomic E-state index is -0.0910. The molecule has 2 rings (SSSR count). The van der Waals surface area contributed by atoms with Crippen molar-refractivity contribution in [2.45, 2.75) is 0 Å². The quantitative estimate of drug-likeness (QED) is 0.591. The molecule has 24 heavy (non-hydrogen) atoms. The maximum absolute atomic E-state index is 12.6. The molecule has 0 aliphatic rings. The van der Waals surface area contributed by atoms with Crippen molar-refractivity contribution in [3.8, 4) is 0 Å². The van der Waals surface area contributed by atoms with Crippen molar-refractivity contribution in [2.75, 3.05) is 37.5 Å². The second kappa shape index (κ2) is 9.25. The first kappa shape index (κ1) is 18.2. The summed E-state index contributed by atoms with van der Waals surface area (Å²) in [5.74, 6) is 1.09. The highest BCUT2D eigenvalue weighted by molar-refractivity contribution is 7.99. The average molecular weight is 342 g/mol. The Bertz CT molecular complexity index is 687. The Morgan fingerprint density at radius 1 is 1.00 bits per heavy atom. The SMILES string of the molecule is CN(C)CCSCC(=O)Nc1ccccc1C(=O)c1ccccc1. The van der Waals surface area contributed by atoms with Crippen molar-refractivity contribution in [1.82, 2.24) is 4.90 Å². The standard InChI is InChI=1S/C19H22N2O2S/c1-21(2)12-13-24-14-18(22)20-17-11-7-6-10-16(17)19(23)15-8-4-3-5-9-15/h3-11H,12-14H2,1-2H3,(H,20,22). The van der Waals surface area contributed by atoms with Crippen LogP contribution in [0.2, 0.25) is 0 Å². The lowest BCUT2D eigenvalue weighted by Crippen LogP contribution is -2.19. The van der Waals surface area contributed by atoms with Crippen molar-refractivity contribution in [3.63, 3.8) is 0 Å². The molecule has 0 radical (unpaired) electrons. The van der Waals surface area contributed by atoms with E-state index < -0.39 is 0 Å². The summed E-state index contributed by atoms with van der Waals surface area (Å²) >= 11 is 1.58. The molecule has 0 aromatic heterocycles. The highest BCUT2D eigenvalue weighted by Gasteiger charge is 2.14. The van der Waals surface area contributed by atoms with Crippen LogP contribution in [-0.4, -0.2) is 48.7 Å². The van der Waals surface area contributed by atoms with Crippen LogP contribution in [0.15, 0.2) is 54.6 Å². The first-order valence-corrected chi connectivity index (χ1v) is 8.94. The van der Waals surface area contributed by atoms with Gasteiger partial charge in [-0.1, -0.05) is 42.5 Å². The minimum absolute atomic E-state index is 0.0907. The Morgan fingerprint density at radius 3 is 2.38 bits per heavy atom. The van der Waals surface area contributed by atoms with Crippen molar-refractivity contribution in [3.05, 3.63) is 65.7 Å². The van der Waals surface area contributed by atoms with Gasteiger partial charge in [0.15, 0.2) is 5.78 Å². The van der Waals surface area contributed by atoms with Crippen LogP contribution in [0.5, 0.6) is 0 Å². The molecule has 0 aliphatic carbocycles. The number of nitrogens with one attached hydrogen (secondary N) is 1. The number of hydrogen-bond acceptors (Lipinski definition) is 4. The van der Waals surface area contributed by atoms with E-state index in [-0.39, 0.29) is 11.7 Å². The summed E-state index contributed by atoms with van der Waals surface area (Å²) in [5.41, 5.74) is 1.68. The summed E-state index contributed by atoms with van der Waals surface area (Å²) in [6.45, 7) is 0.932. The minimum Gasteiger partial charge on any atom is -0.325 e. The Morgan fingerprint density at radius 2 is 1.67 bits per heavy atom. The molecule has 0 atom stereocenters. The number of carbonyl (C=O) groups excluding carboxylic acids is 2. The molecular weight excluding hydrogens is 320 g/mol. The predicted molar refractivity (Wildman–Crippen MR) is 101 cm³/mol. The highest BCUT2D eigenvalue weighted by atomic mass is 32.2. The van der Waals surface area contributed by atoms with Gasteiger partial charge in [-0.05, 0) is 26.2 Å². The van der Waals surface area contributed by atoms with Gasteiger partial charge in [-0.3, -0.25) is 9.59 Å². The summed E-state index contributed by atoms with van der Waals surface area (Å²) in [4.78, 5) is 26.8. The van der Waals surface area contributed by atoms with Crippen LogP contribution in [0.4, 0.5) is 5.69 Å². The Hall–Kier alpha value is -2.11. The lowest BCUT2D eigenvalue weighted by molar-refractivity contribution is -0.113. The second-order valence-electron chi connectivity index (χ2n) is 5.64. The van der Waals surface area contributed by atoms with E-state index in [1.54, 1.807) is 42.1 Å². The number of rotatable bonds is 8. The van der Waals surface area contributed by atoms with Crippen molar-refractivity contribution in [2.24, 2.45) is 0 Å². The van der Waals surface area contributed by atoms with Crippen LogP contribution in [0.3, 0.4) is 0 Å². The second-order valence-corrected chi connectivity index (χ2v) is 6.75. The number of para-hydroxylation sites is 1. The fourth-order valence-corrected chi connectivity index (χ4v) is 3.03. The molecule has 0 saturated carbocycles. The normalized spacial score (nSPS) is 10.6. The van der Waals surface area contributed by atoms with Gasteiger partial charge < -0.3 is 10.2 Å². The zero-order valence-electron chi connectivity index (χ0n) is 14.0. The van der Waals surface area contributed by atoms with Crippen LogP contribution < -0.4 is 5.32 Å². The van der Waals surface area contributed by atoms with Gasteiger partial charge >= 0.3 is 0 Å². The topological polar surface area (TPSA) is 49.4 Å². The van der Waals surface area contributed by atoms with E-state index in [1.807, 2.05) is 38.4 Å². The number of thioether (sulfide) groups is 1. The zero-order valence-corrected chi connectivity index (χ0v) is 14.8. The molecule has 1 amide bonds. The molecular formula is C19H22N2O2S. The number of nitrogens with zero attached hydrogens (tertiary/aromatic N) is 1. The highest BCUT2D eigenvalue weighted by Crippen LogP contribution is 2.19. The monoisotopic (exact) mass is 342 g/mol. The summed E-state index contributed by atoms with van der Waals surface area (Å²) < 4.78 is 0. The van der Waals surface area contributed by atoms with E-state index in [4.69, 9.17) is 0 Å². The van der Waals surface area contributed by atoms with Gasteiger partial charge in [-0.2, -0.15) is 11.8 Å². The molecule has 0 saturated heterocycles. The van der Waals surface area contributed by atoms with Gasteiger partial charge in [0, 0.05) is 23.4 Å². The molecule has 0 spiro atoms. The molecule has 0 bridgehead atoms. The first-order chi connectivity index (χ1) is 11.6. The molecule has 5 heteroatoms. The van der Waals surface area contributed by atoms with Crippen LogP contribution in [0.25, 0.3) is 0 Å². The van der Waals surface area contributed by atoms with E-state index in [0.717, 1.165) is 12.3 Å². The first-order valence-electron chi connectivity index (χ1n) is 7.79. The maximum atomic E-state index is 12.6. The third kappa shape index (κ3) is 5.51. The fraction of sp³-hybridized carbons (Fsp3) is 0.263. The number of hydrogen-bond donors (Lipinski definition) is 1. The van der Waals surface area contributed by atoms with Crippen LogP contribution in [-0.2, 0) is 4.79 Å².